The third kappa shape index (κ3) is 3.90. The van der Waals surface area contributed by atoms with Gasteiger partial charge in [-0.05, 0) is 42.2 Å². The summed E-state index contributed by atoms with van der Waals surface area (Å²) in [4.78, 5) is 14.9. The van der Waals surface area contributed by atoms with Crippen LogP contribution >= 0.6 is 0 Å². The molecule has 5 rings (SSSR count). The molecule has 1 saturated heterocycles. The topological polar surface area (TPSA) is 62.8 Å². The maximum absolute atomic E-state index is 12.4. The summed E-state index contributed by atoms with van der Waals surface area (Å²) in [6, 6.07) is 14.5. The van der Waals surface area contributed by atoms with E-state index < -0.39 is 0 Å². The van der Waals surface area contributed by atoms with Crippen molar-refractivity contribution in [1.29, 1.82) is 0 Å². The number of rotatable bonds is 2. The standard InChI is InChI=1S/C23H27N3O3/c27-22-14-23(25-19-4-2-1-3-18(19)15-24-22)7-9-26(10-8-23)16-17-5-6-20-21(13-17)29-12-11-28-20/h1-6,13,25H,7-12,14-16H2,(H,24,27). The summed E-state index contributed by atoms with van der Waals surface area (Å²) < 4.78 is 11.3. The van der Waals surface area contributed by atoms with Gasteiger partial charge in [-0.1, -0.05) is 24.3 Å². The SMILES string of the molecule is O=C1CC2(CCN(Cc3ccc4c(c3)OCCO4)CC2)Nc2ccccc2CN1. The molecule has 0 saturated carbocycles. The van der Waals surface area contributed by atoms with Crippen molar-refractivity contribution in [3.8, 4) is 11.5 Å². The van der Waals surface area contributed by atoms with Crippen molar-refractivity contribution in [2.75, 3.05) is 31.6 Å². The number of piperidine rings is 1. The molecule has 29 heavy (non-hydrogen) atoms. The molecule has 2 N–H and O–H groups in total. The number of anilines is 1. The number of carbonyl (C=O) groups excluding carboxylic acids is 1. The lowest BCUT2D eigenvalue weighted by atomic mass is 9.82. The van der Waals surface area contributed by atoms with Gasteiger partial charge in [-0.25, -0.2) is 0 Å². The summed E-state index contributed by atoms with van der Waals surface area (Å²) in [7, 11) is 0. The number of hydrogen-bond acceptors (Lipinski definition) is 5. The summed E-state index contributed by atoms with van der Waals surface area (Å²) in [5.41, 5.74) is 3.36. The Morgan fingerprint density at radius 3 is 2.66 bits per heavy atom. The van der Waals surface area contributed by atoms with Gasteiger partial charge in [-0.15, -0.1) is 0 Å². The van der Waals surface area contributed by atoms with Crippen LogP contribution in [0.2, 0.25) is 0 Å². The molecule has 0 radical (unpaired) electrons. The van der Waals surface area contributed by atoms with Gasteiger partial charge >= 0.3 is 0 Å². The van der Waals surface area contributed by atoms with Crippen molar-refractivity contribution in [3.05, 3.63) is 53.6 Å². The van der Waals surface area contributed by atoms with Gasteiger partial charge in [0.1, 0.15) is 13.2 Å². The van der Waals surface area contributed by atoms with Gasteiger partial charge in [-0.3, -0.25) is 9.69 Å². The number of hydrogen-bond donors (Lipinski definition) is 2. The van der Waals surface area contributed by atoms with E-state index in [4.69, 9.17) is 9.47 Å². The molecule has 3 aliphatic rings. The van der Waals surface area contributed by atoms with Crippen molar-refractivity contribution in [3.63, 3.8) is 0 Å². The monoisotopic (exact) mass is 393 g/mol. The van der Waals surface area contributed by atoms with Crippen molar-refractivity contribution in [2.24, 2.45) is 0 Å². The van der Waals surface area contributed by atoms with Crippen LogP contribution in [0, 0.1) is 0 Å². The lowest BCUT2D eigenvalue weighted by Crippen LogP contribution is -2.52. The maximum Gasteiger partial charge on any atom is 0.222 e. The summed E-state index contributed by atoms with van der Waals surface area (Å²) >= 11 is 0. The van der Waals surface area contributed by atoms with Crippen molar-refractivity contribution < 1.29 is 14.3 Å². The fraction of sp³-hybridized carbons (Fsp3) is 0.435. The molecule has 152 valence electrons. The van der Waals surface area contributed by atoms with E-state index in [1.54, 1.807) is 0 Å². The molecule has 2 aromatic carbocycles. The highest BCUT2D eigenvalue weighted by Gasteiger charge is 2.37. The number of benzene rings is 2. The van der Waals surface area contributed by atoms with Crippen LogP contribution in [0.1, 0.15) is 30.4 Å². The highest BCUT2D eigenvalue weighted by Crippen LogP contribution is 2.35. The maximum atomic E-state index is 12.4. The number of fused-ring (bicyclic) bond motifs is 2. The third-order valence-electron chi connectivity index (χ3n) is 6.22. The zero-order valence-electron chi connectivity index (χ0n) is 16.6. The minimum Gasteiger partial charge on any atom is -0.486 e. The predicted octanol–water partition coefficient (Wildman–Crippen LogP) is 2.92. The molecule has 0 aromatic heterocycles. The molecule has 6 nitrogen and oxygen atoms in total. The van der Waals surface area contributed by atoms with E-state index >= 15 is 0 Å². The van der Waals surface area contributed by atoms with Gasteiger partial charge in [0.25, 0.3) is 0 Å². The minimum atomic E-state index is -0.177. The summed E-state index contributed by atoms with van der Waals surface area (Å²) in [6.45, 7) is 4.61. The Morgan fingerprint density at radius 2 is 1.79 bits per heavy atom. The molecule has 3 aliphatic heterocycles. The van der Waals surface area contributed by atoms with E-state index in [-0.39, 0.29) is 11.4 Å². The van der Waals surface area contributed by atoms with Crippen LogP contribution < -0.4 is 20.1 Å². The Kier molecular flexibility index (Phi) is 4.79. The van der Waals surface area contributed by atoms with Gasteiger partial charge in [0.05, 0.1) is 0 Å². The molecule has 2 aromatic rings. The van der Waals surface area contributed by atoms with Crippen molar-refractivity contribution in [1.82, 2.24) is 10.2 Å². The molecule has 0 aliphatic carbocycles. The average molecular weight is 393 g/mol. The molecule has 0 unspecified atom stereocenters. The Morgan fingerprint density at radius 1 is 1.00 bits per heavy atom. The van der Waals surface area contributed by atoms with Gasteiger partial charge in [-0.2, -0.15) is 0 Å². The summed E-state index contributed by atoms with van der Waals surface area (Å²) in [6.07, 6.45) is 2.41. The second kappa shape index (κ2) is 7.59. The zero-order chi connectivity index (χ0) is 19.7. The number of nitrogens with one attached hydrogen (secondary N) is 2. The zero-order valence-corrected chi connectivity index (χ0v) is 16.6. The largest absolute Gasteiger partial charge is 0.486 e. The third-order valence-corrected chi connectivity index (χ3v) is 6.22. The normalized spacial score (nSPS) is 20.8. The molecular weight excluding hydrogens is 366 g/mol. The predicted molar refractivity (Wildman–Crippen MR) is 111 cm³/mol. The van der Waals surface area contributed by atoms with Crippen LogP contribution in [0.3, 0.4) is 0 Å². The van der Waals surface area contributed by atoms with Gasteiger partial charge < -0.3 is 20.1 Å². The molecule has 0 atom stereocenters. The van der Waals surface area contributed by atoms with Crippen LogP contribution in [0.25, 0.3) is 0 Å². The Bertz CT molecular complexity index is 906. The van der Waals surface area contributed by atoms with Gasteiger partial charge in [0.2, 0.25) is 5.91 Å². The molecule has 1 fully saturated rings. The minimum absolute atomic E-state index is 0.132. The van der Waals surface area contributed by atoms with Crippen molar-refractivity contribution in [2.45, 2.75) is 37.9 Å². The first kappa shape index (κ1) is 18.3. The lowest BCUT2D eigenvalue weighted by molar-refractivity contribution is -0.122. The van der Waals surface area contributed by atoms with E-state index in [1.165, 1.54) is 5.56 Å². The highest BCUT2D eigenvalue weighted by atomic mass is 16.6. The Labute approximate surface area is 171 Å². The Balaban J connectivity index is 1.27. The number of amides is 1. The average Bonchev–Trinajstić information content (AvgIpc) is 2.74. The molecule has 1 amide bonds. The quantitative estimate of drug-likeness (QED) is 0.822. The molecule has 0 bridgehead atoms. The van der Waals surface area contributed by atoms with E-state index in [0.717, 1.165) is 55.2 Å². The molecular formula is C23H27N3O3. The number of para-hydroxylation sites is 1. The first-order valence-electron chi connectivity index (χ1n) is 10.4. The number of likely N-dealkylation sites (tertiary alicyclic amines) is 1. The fourth-order valence-corrected chi connectivity index (χ4v) is 4.58. The second-order valence-electron chi connectivity index (χ2n) is 8.27. The lowest BCUT2D eigenvalue weighted by Gasteiger charge is -2.44. The van der Waals surface area contributed by atoms with Crippen LogP contribution in [0.5, 0.6) is 11.5 Å². The van der Waals surface area contributed by atoms with E-state index in [2.05, 4.69) is 45.9 Å². The highest BCUT2D eigenvalue weighted by molar-refractivity contribution is 5.79. The first-order valence-corrected chi connectivity index (χ1v) is 10.4. The van der Waals surface area contributed by atoms with Gasteiger partial charge in [0.15, 0.2) is 11.5 Å². The van der Waals surface area contributed by atoms with E-state index in [9.17, 15) is 4.79 Å². The van der Waals surface area contributed by atoms with Crippen LogP contribution in [-0.4, -0.2) is 42.6 Å². The van der Waals surface area contributed by atoms with E-state index in [0.29, 0.717) is 26.2 Å². The number of ether oxygens (including phenoxy) is 2. The summed E-state index contributed by atoms with van der Waals surface area (Å²) in [5, 5.41) is 6.82. The molecule has 6 heteroatoms. The summed E-state index contributed by atoms with van der Waals surface area (Å²) in [5.74, 6) is 1.81. The first-order chi connectivity index (χ1) is 14.2. The number of nitrogens with zero attached hydrogens (tertiary/aromatic N) is 1. The molecule has 1 spiro atoms. The van der Waals surface area contributed by atoms with Crippen LogP contribution in [0.15, 0.2) is 42.5 Å². The number of carbonyl (C=O) groups is 1. The van der Waals surface area contributed by atoms with Crippen LogP contribution in [-0.2, 0) is 17.9 Å². The smallest absolute Gasteiger partial charge is 0.222 e. The molecule has 3 heterocycles. The van der Waals surface area contributed by atoms with Crippen LogP contribution in [0.4, 0.5) is 5.69 Å². The van der Waals surface area contributed by atoms with E-state index in [1.807, 2.05) is 12.1 Å². The van der Waals surface area contributed by atoms with Crippen molar-refractivity contribution >= 4 is 11.6 Å². The second-order valence-corrected chi connectivity index (χ2v) is 8.27. The Hall–Kier alpha value is -2.73. The fourth-order valence-electron chi connectivity index (χ4n) is 4.58. The van der Waals surface area contributed by atoms with Gasteiger partial charge in [0, 0.05) is 43.8 Å².